The number of anilines is 2. The van der Waals surface area contributed by atoms with Gasteiger partial charge >= 0.3 is 0 Å². The molecule has 7 heteroatoms. The second kappa shape index (κ2) is 7.56. The number of benzene rings is 2. The number of hydrogen-bond donors (Lipinski definition) is 2. The fourth-order valence-electron chi connectivity index (χ4n) is 3.35. The van der Waals surface area contributed by atoms with Crippen LogP contribution in [-0.4, -0.2) is 27.3 Å². The maximum Gasteiger partial charge on any atom is 0.255 e. The van der Waals surface area contributed by atoms with Gasteiger partial charge in [0.25, 0.3) is 5.91 Å². The number of carbonyl (C=O) groups excluding carboxylic acids is 1. The lowest BCUT2D eigenvalue weighted by Gasteiger charge is -2.29. The molecule has 1 amide bonds. The van der Waals surface area contributed by atoms with Gasteiger partial charge in [0, 0.05) is 11.4 Å². The van der Waals surface area contributed by atoms with Gasteiger partial charge < -0.3 is 15.4 Å². The first-order valence-corrected chi connectivity index (χ1v) is 9.14. The van der Waals surface area contributed by atoms with Crippen LogP contribution < -0.4 is 15.4 Å². The Morgan fingerprint density at radius 3 is 2.82 bits per heavy atom. The number of rotatable bonds is 5. The number of hydrogen-bond acceptors (Lipinski definition) is 5. The van der Waals surface area contributed by atoms with Crippen molar-refractivity contribution < 1.29 is 9.53 Å². The third-order valence-electron chi connectivity index (χ3n) is 4.56. The summed E-state index contributed by atoms with van der Waals surface area (Å²) in [5.41, 5.74) is 2.95. The van der Waals surface area contributed by atoms with Gasteiger partial charge in [0.2, 0.25) is 5.95 Å². The number of nitrogens with zero attached hydrogens (tertiary/aromatic N) is 3. The molecule has 1 unspecified atom stereocenters. The van der Waals surface area contributed by atoms with E-state index >= 15 is 0 Å². The summed E-state index contributed by atoms with van der Waals surface area (Å²) in [6.07, 6.45) is 1.48. The molecular formula is C21H21N5O2. The second-order valence-corrected chi connectivity index (χ2v) is 6.42. The van der Waals surface area contributed by atoms with Gasteiger partial charge in [-0.25, -0.2) is 4.68 Å². The average molecular weight is 375 g/mol. The predicted molar refractivity (Wildman–Crippen MR) is 107 cm³/mol. The molecule has 1 aliphatic heterocycles. The highest BCUT2D eigenvalue weighted by Crippen LogP contribution is 2.36. The summed E-state index contributed by atoms with van der Waals surface area (Å²) in [5, 5.41) is 10.5. The molecule has 2 N–H and O–H groups in total. The SMILES string of the molecule is CCOc1cccc(C2C(C(=O)Nc3ccccc3)=C(C)Nc3ncnn32)c1. The fourth-order valence-corrected chi connectivity index (χ4v) is 3.35. The zero-order chi connectivity index (χ0) is 19.5. The Kier molecular flexibility index (Phi) is 4.80. The smallest absolute Gasteiger partial charge is 0.255 e. The first-order chi connectivity index (χ1) is 13.7. The molecule has 7 nitrogen and oxygen atoms in total. The molecule has 2 heterocycles. The first kappa shape index (κ1) is 17.8. The molecule has 4 rings (SSSR count). The van der Waals surface area contributed by atoms with Crippen molar-refractivity contribution in [3.05, 3.63) is 77.8 Å². The van der Waals surface area contributed by atoms with Crippen molar-refractivity contribution in [2.24, 2.45) is 0 Å². The van der Waals surface area contributed by atoms with Crippen molar-refractivity contribution in [1.82, 2.24) is 14.8 Å². The number of ether oxygens (including phenoxy) is 1. The number of carbonyl (C=O) groups is 1. The Bertz CT molecular complexity index is 1030. The minimum absolute atomic E-state index is 0.191. The average Bonchev–Trinajstić information content (AvgIpc) is 3.16. The topological polar surface area (TPSA) is 81.1 Å². The molecular weight excluding hydrogens is 354 g/mol. The van der Waals surface area contributed by atoms with Gasteiger partial charge in [-0.05, 0) is 43.7 Å². The lowest BCUT2D eigenvalue weighted by atomic mass is 9.95. The summed E-state index contributed by atoms with van der Waals surface area (Å²) in [6.45, 7) is 4.38. The maximum atomic E-state index is 13.2. The summed E-state index contributed by atoms with van der Waals surface area (Å²) in [4.78, 5) is 17.5. The van der Waals surface area contributed by atoms with Crippen LogP contribution in [0, 0.1) is 0 Å². The van der Waals surface area contributed by atoms with Crippen molar-refractivity contribution in [3.8, 4) is 5.75 Å². The molecule has 0 saturated carbocycles. The Balaban J connectivity index is 1.76. The molecule has 3 aromatic rings. The Hall–Kier alpha value is -3.61. The molecule has 0 fully saturated rings. The van der Waals surface area contributed by atoms with Crippen LogP contribution in [0.1, 0.15) is 25.5 Å². The van der Waals surface area contributed by atoms with Gasteiger partial charge in [-0.1, -0.05) is 30.3 Å². The molecule has 0 saturated heterocycles. The quantitative estimate of drug-likeness (QED) is 0.712. The van der Waals surface area contributed by atoms with Crippen LogP contribution in [0.25, 0.3) is 0 Å². The predicted octanol–water partition coefficient (Wildman–Crippen LogP) is 3.60. The Labute approximate surface area is 163 Å². The highest BCUT2D eigenvalue weighted by Gasteiger charge is 2.33. The van der Waals surface area contributed by atoms with E-state index in [1.165, 1.54) is 6.33 Å². The minimum Gasteiger partial charge on any atom is -0.494 e. The molecule has 0 radical (unpaired) electrons. The highest BCUT2D eigenvalue weighted by atomic mass is 16.5. The largest absolute Gasteiger partial charge is 0.494 e. The molecule has 0 bridgehead atoms. The van der Waals surface area contributed by atoms with Crippen LogP contribution in [0.15, 0.2) is 72.2 Å². The minimum atomic E-state index is -0.414. The molecule has 0 spiro atoms. The van der Waals surface area contributed by atoms with Crippen molar-refractivity contribution in [3.63, 3.8) is 0 Å². The molecule has 1 aliphatic rings. The van der Waals surface area contributed by atoms with E-state index in [0.717, 1.165) is 22.7 Å². The first-order valence-electron chi connectivity index (χ1n) is 9.14. The van der Waals surface area contributed by atoms with E-state index in [4.69, 9.17) is 4.74 Å². The molecule has 142 valence electrons. The van der Waals surface area contributed by atoms with Crippen molar-refractivity contribution in [2.45, 2.75) is 19.9 Å². The number of allylic oxidation sites excluding steroid dienone is 1. The molecule has 0 aliphatic carbocycles. The standard InChI is InChI=1S/C21H21N5O2/c1-3-28-17-11-7-8-15(12-17)19-18(14(2)24-21-22-13-23-26(19)21)20(27)25-16-9-5-4-6-10-16/h4-13,19H,3H2,1-2H3,(H,25,27)(H,22,23,24). The third kappa shape index (κ3) is 3.34. The van der Waals surface area contributed by atoms with Crippen molar-refractivity contribution in [2.75, 3.05) is 17.2 Å². The van der Waals surface area contributed by atoms with E-state index in [1.54, 1.807) is 4.68 Å². The summed E-state index contributed by atoms with van der Waals surface area (Å²) >= 11 is 0. The zero-order valence-corrected chi connectivity index (χ0v) is 15.7. The van der Waals surface area contributed by atoms with Gasteiger partial charge in [0.05, 0.1) is 12.2 Å². The van der Waals surface area contributed by atoms with Crippen molar-refractivity contribution >= 4 is 17.5 Å². The lowest BCUT2D eigenvalue weighted by Crippen LogP contribution is -2.31. The number of nitrogens with one attached hydrogen (secondary N) is 2. The zero-order valence-electron chi connectivity index (χ0n) is 15.7. The normalized spacial score (nSPS) is 15.6. The fraction of sp³-hybridized carbons (Fsp3) is 0.190. The number of amides is 1. The van der Waals surface area contributed by atoms with E-state index in [-0.39, 0.29) is 5.91 Å². The second-order valence-electron chi connectivity index (χ2n) is 6.42. The van der Waals surface area contributed by atoms with E-state index in [1.807, 2.05) is 68.4 Å². The highest BCUT2D eigenvalue weighted by molar-refractivity contribution is 6.06. The van der Waals surface area contributed by atoms with Crippen LogP contribution >= 0.6 is 0 Å². The Morgan fingerprint density at radius 1 is 1.21 bits per heavy atom. The summed E-state index contributed by atoms with van der Waals surface area (Å²) in [6, 6.07) is 16.7. The van der Waals surface area contributed by atoms with E-state index in [9.17, 15) is 4.79 Å². The molecule has 1 aromatic heterocycles. The van der Waals surface area contributed by atoms with Gasteiger partial charge in [0.15, 0.2) is 0 Å². The number of aromatic nitrogens is 3. The van der Waals surface area contributed by atoms with Crippen LogP contribution in [0.2, 0.25) is 0 Å². The summed E-state index contributed by atoms with van der Waals surface area (Å²) in [7, 11) is 0. The molecule has 2 aromatic carbocycles. The van der Waals surface area contributed by atoms with Crippen LogP contribution in [0.4, 0.5) is 11.6 Å². The number of fused-ring (bicyclic) bond motifs is 1. The van der Waals surface area contributed by atoms with E-state index < -0.39 is 6.04 Å². The van der Waals surface area contributed by atoms with Gasteiger partial charge in [-0.2, -0.15) is 10.1 Å². The van der Waals surface area contributed by atoms with E-state index in [0.29, 0.717) is 18.1 Å². The van der Waals surface area contributed by atoms with Crippen LogP contribution in [-0.2, 0) is 4.79 Å². The summed E-state index contributed by atoms with van der Waals surface area (Å²) in [5.74, 6) is 1.16. The van der Waals surface area contributed by atoms with Gasteiger partial charge in [-0.3, -0.25) is 4.79 Å². The molecule has 28 heavy (non-hydrogen) atoms. The Morgan fingerprint density at radius 2 is 2.04 bits per heavy atom. The molecule has 1 atom stereocenters. The third-order valence-corrected chi connectivity index (χ3v) is 4.56. The lowest BCUT2D eigenvalue weighted by molar-refractivity contribution is -0.113. The van der Waals surface area contributed by atoms with E-state index in [2.05, 4.69) is 20.7 Å². The van der Waals surface area contributed by atoms with Crippen LogP contribution in [0.3, 0.4) is 0 Å². The monoisotopic (exact) mass is 375 g/mol. The number of para-hydroxylation sites is 1. The van der Waals surface area contributed by atoms with Crippen LogP contribution in [0.5, 0.6) is 5.75 Å². The van der Waals surface area contributed by atoms with Crippen molar-refractivity contribution in [1.29, 1.82) is 0 Å². The summed E-state index contributed by atoms with van der Waals surface area (Å²) < 4.78 is 7.37. The maximum absolute atomic E-state index is 13.2. The van der Waals surface area contributed by atoms with Gasteiger partial charge in [-0.15, -0.1) is 0 Å². The van der Waals surface area contributed by atoms with Gasteiger partial charge in [0.1, 0.15) is 18.1 Å².